The fourth-order valence-electron chi connectivity index (χ4n) is 2.84. The SMILES string of the molecule is COCCON=C1CCN(C(=O)Cc2ccc(-c3noc(C)n3)cc2)CC1. The number of rotatable bonds is 7. The van der Waals surface area contributed by atoms with Crippen LogP contribution < -0.4 is 0 Å². The van der Waals surface area contributed by atoms with Crippen molar-refractivity contribution < 1.29 is 18.9 Å². The molecular formula is C19H24N4O4. The van der Waals surface area contributed by atoms with Crippen LogP contribution in [0.1, 0.15) is 24.3 Å². The van der Waals surface area contributed by atoms with E-state index in [4.69, 9.17) is 14.1 Å². The molecule has 0 unspecified atom stereocenters. The van der Waals surface area contributed by atoms with Gasteiger partial charge in [-0.2, -0.15) is 4.98 Å². The molecule has 3 rings (SSSR count). The largest absolute Gasteiger partial charge is 0.393 e. The number of piperidine rings is 1. The lowest BCUT2D eigenvalue weighted by Crippen LogP contribution is -2.39. The molecule has 1 aliphatic rings. The Morgan fingerprint density at radius 3 is 2.59 bits per heavy atom. The summed E-state index contributed by atoms with van der Waals surface area (Å²) in [6.07, 6.45) is 1.87. The van der Waals surface area contributed by atoms with E-state index >= 15 is 0 Å². The van der Waals surface area contributed by atoms with E-state index in [0.717, 1.165) is 29.7 Å². The van der Waals surface area contributed by atoms with E-state index in [1.165, 1.54) is 0 Å². The molecule has 1 aromatic carbocycles. The predicted molar refractivity (Wildman–Crippen MR) is 99.3 cm³/mol. The first-order valence-electron chi connectivity index (χ1n) is 9.00. The molecule has 27 heavy (non-hydrogen) atoms. The Morgan fingerprint density at radius 2 is 1.96 bits per heavy atom. The minimum atomic E-state index is 0.123. The summed E-state index contributed by atoms with van der Waals surface area (Å²) in [4.78, 5) is 23.8. The zero-order valence-electron chi connectivity index (χ0n) is 15.7. The lowest BCUT2D eigenvalue weighted by Gasteiger charge is -2.27. The number of aromatic nitrogens is 2. The predicted octanol–water partition coefficient (Wildman–Crippen LogP) is 2.23. The molecule has 8 heteroatoms. The molecule has 1 amide bonds. The van der Waals surface area contributed by atoms with E-state index in [-0.39, 0.29) is 5.91 Å². The summed E-state index contributed by atoms with van der Waals surface area (Å²) >= 11 is 0. The summed E-state index contributed by atoms with van der Waals surface area (Å²) in [6.45, 7) is 4.07. The summed E-state index contributed by atoms with van der Waals surface area (Å²) in [5.74, 6) is 1.21. The maximum atomic E-state index is 12.5. The van der Waals surface area contributed by atoms with Crippen LogP contribution in [0.15, 0.2) is 33.9 Å². The number of hydrogen-bond acceptors (Lipinski definition) is 7. The summed E-state index contributed by atoms with van der Waals surface area (Å²) < 4.78 is 9.90. The van der Waals surface area contributed by atoms with Crippen molar-refractivity contribution in [2.75, 3.05) is 33.4 Å². The number of oxime groups is 1. The van der Waals surface area contributed by atoms with Crippen molar-refractivity contribution in [3.8, 4) is 11.4 Å². The molecular weight excluding hydrogens is 348 g/mol. The second-order valence-corrected chi connectivity index (χ2v) is 6.38. The molecule has 0 bridgehead atoms. The average molecular weight is 372 g/mol. The molecule has 1 saturated heterocycles. The van der Waals surface area contributed by atoms with Crippen LogP contribution in [0.3, 0.4) is 0 Å². The van der Waals surface area contributed by atoms with Gasteiger partial charge in [-0.3, -0.25) is 4.79 Å². The quantitative estimate of drug-likeness (QED) is 0.547. The van der Waals surface area contributed by atoms with Crippen LogP contribution >= 0.6 is 0 Å². The highest BCUT2D eigenvalue weighted by Gasteiger charge is 2.20. The molecule has 1 fully saturated rings. The van der Waals surface area contributed by atoms with Gasteiger partial charge in [0.05, 0.1) is 18.7 Å². The number of aryl methyl sites for hydroxylation is 1. The number of nitrogens with zero attached hydrogens (tertiary/aromatic N) is 4. The van der Waals surface area contributed by atoms with Crippen molar-refractivity contribution in [1.82, 2.24) is 15.0 Å². The van der Waals surface area contributed by atoms with Gasteiger partial charge in [-0.1, -0.05) is 34.6 Å². The first-order chi connectivity index (χ1) is 13.2. The lowest BCUT2D eigenvalue weighted by molar-refractivity contribution is -0.130. The third kappa shape index (κ3) is 5.37. The highest BCUT2D eigenvalue weighted by atomic mass is 16.6. The van der Waals surface area contributed by atoms with Crippen molar-refractivity contribution in [3.63, 3.8) is 0 Å². The molecule has 0 N–H and O–H groups in total. The molecule has 1 aliphatic heterocycles. The first-order valence-corrected chi connectivity index (χ1v) is 9.00. The van der Waals surface area contributed by atoms with Gasteiger partial charge in [0.1, 0.15) is 6.61 Å². The normalized spacial score (nSPS) is 14.3. The van der Waals surface area contributed by atoms with Gasteiger partial charge in [-0.05, 0) is 5.56 Å². The topological polar surface area (TPSA) is 90.1 Å². The van der Waals surface area contributed by atoms with Gasteiger partial charge in [-0.15, -0.1) is 0 Å². The van der Waals surface area contributed by atoms with Crippen LogP contribution in [-0.4, -0.2) is 60.1 Å². The van der Waals surface area contributed by atoms with Crippen LogP contribution in [-0.2, 0) is 20.8 Å². The molecule has 2 aromatic rings. The number of hydrogen-bond donors (Lipinski definition) is 0. The van der Waals surface area contributed by atoms with Crippen molar-refractivity contribution in [3.05, 3.63) is 35.7 Å². The Morgan fingerprint density at radius 1 is 1.22 bits per heavy atom. The monoisotopic (exact) mass is 372 g/mol. The highest BCUT2D eigenvalue weighted by Crippen LogP contribution is 2.17. The van der Waals surface area contributed by atoms with E-state index < -0.39 is 0 Å². The number of benzene rings is 1. The van der Waals surface area contributed by atoms with Gasteiger partial charge in [-0.25, -0.2) is 0 Å². The van der Waals surface area contributed by atoms with Crippen LogP contribution in [0.25, 0.3) is 11.4 Å². The maximum absolute atomic E-state index is 12.5. The van der Waals surface area contributed by atoms with Gasteiger partial charge in [0.2, 0.25) is 17.6 Å². The Kier molecular flexibility index (Phi) is 6.54. The Balaban J connectivity index is 1.48. The Bertz CT molecular complexity index is 775. The summed E-state index contributed by atoms with van der Waals surface area (Å²) in [7, 11) is 1.63. The molecule has 144 valence electrons. The molecule has 0 saturated carbocycles. The van der Waals surface area contributed by atoms with Crippen LogP contribution in [0.5, 0.6) is 0 Å². The second kappa shape index (κ2) is 9.27. The van der Waals surface area contributed by atoms with Crippen molar-refractivity contribution in [2.24, 2.45) is 5.16 Å². The number of carbonyl (C=O) groups is 1. The zero-order valence-corrected chi connectivity index (χ0v) is 15.7. The van der Waals surface area contributed by atoms with Crippen LogP contribution in [0.2, 0.25) is 0 Å². The first kappa shape index (κ1) is 19.0. The minimum Gasteiger partial charge on any atom is -0.393 e. The van der Waals surface area contributed by atoms with E-state index in [0.29, 0.717) is 44.4 Å². The lowest BCUT2D eigenvalue weighted by atomic mass is 10.1. The molecule has 2 heterocycles. The van der Waals surface area contributed by atoms with Crippen molar-refractivity contribution in [2.45, 2.75) is 26.2 Å². The molecule has 0 aliphatic carbocycles. The van der Waals surface area contributed by atoms with Gasteiger partial charge < -0.3 is 19.0 Å². The van der Waals surface area contributed by atoms with Crippen LogP contribution in [0.4, 0.5) is 0 Å². The number of likely N-dealkylation sites (tertiary alicyclic amines) is 1. The Hall–Kier alpha value is -2.74. The summed E-state index contributed by atoms with van der Waals surface area (Å²) in [6, 6.07) is 7.68. The summed E-state index contributed by atoms with van der Waals surface area (Å²) in [5, 5.41) is 8.02. The minimum absolute atomic E-state index is 0.123. The Labute approximate surface area is 158 Å². The summed E-state index contributed by atoms with van der Waals surface area (Å²) in [5.41, 5.74) is 2.83. The highest BCUT2D eigenvalue weighted by molar-refractivity contribution is 5.87. The second-order valence-electron chi connectivity index (χ2n) is 6.38. The van der Waals surface area contributed by atoms with Gasteiger partial charge in [0, 0.05) is 45.5 Å². The van der Waals surface area contributed by atoms with E-state index in [1.807, 2.05) is 29.2 Å². The third-order valence-corrected chi connectivity index (χ3v) is 4.36. The zero-order chi connectivity index (χ0) is 19.1. The van der Waals surface area contributed by atoms with E-state index in [2.05, 4.69) is 15.3 Å². The third-order valence-electron chi connectivity index (χ3n) is 4.36. The maximum Gasteiger partial charge on any atom is 0.227 e. The number of carbonyl (C=O) groups excluding carboxylic acids is 1. The average Bonchev–Trinajstić information content (AvgIpc) is 3.13. The number of amides is 1. The van der Waals surface area contributed by atoms with Crippen molar-refractivity contribution >= 4 is 11.6 Å². The smallest absolute Gasteiger partial charge is 0.227 e. The van der Waals surface area contributed by atoms with E-state index in [9.17, 15) is 4.79 Å². The van der Waals surface area contributed by atoms with Crippen molar-refractivity contribution in [1.29, 1.82) is 0 Å². The molecule has 0 spiro atoms. The number of ether oxygens (including phenoxy) is 1. The van der Waals surface area contributed by atoms with Crippen LogP contribution in [0, 0.1) is 6.92 Å². The van der Waals surface area contributed by atoms with Gasteiger partial charge in [0.25, 0.3) is 0 Å². The number of methoxy groups -OCH3 is 1. The van der Waals surface area contributed by atoms with Gasteiger partial charge >= 0.3 is 0 Å². The van der Waals surface area contributed by atoms with Gasteiger partial charge in [0.15, 0.2) is 0 Å². The molecule has 0 radical (unpaired) electrons. The fraction of sp³-hybridized carbons (Fsp3) is 0.474. The van der Waals surface area contributed by atoms with E-state index in [1.54, 1.807) is 14.0 Å². The fourth-order valence-corrected chi connectivity index (χ4v) is 2.84. The molecule has 1 aromatic heterocycles. The molecule has 0 atom stereocenters. The standard InChI is InChI=1S/C19H24N4O4/c1-14-20-19(22-27-14)16-5-3-15(4-6-16)13-18(24)23-9-7-17(8-10-23)21-26-12-11-25-2/h3-6H,7-13H2,1-2H3. The molecule has 8 nitrogen and oxygen atoms in total.